The van der Waals surface area contributed by atoms with Crippen molar-refractivity contribution in [1.82, 2.24) is 0 Å². The summed E-state index contributed by atoms with van der Waals surface area (Å²) in [6, 6.07) is 0. The number of carbonyl (C=O) groups is 1. The molecule has 1 N–H and O–H groups in total. The predicted octanol–water partition coefficient (Wildman–Crippen LogP) is 7.96. The molecule has 4 aliphatic carbocycles. The fourth-order valence-corrected chi connectivity index (χ4v) is 10.4. The summed E-state index contributed by atoms with van der Waals surface area (Å²) >= 11 is 0. The van der Waals surface area contributed by atoms with E-state index in [-0.39, 0.29) is 22.9 Å². The fraction of sp³-hybridized carbons (Fsp3) is 0.906. The van der Waals surface area contributed by atoms with Gasteiger partial charge in [-0.2, -0.15) is 0 Å². The zero-order valence-electron chi connectivity index (χ0n) is 23.9. The maximum Gasteiger partial charge on any atom is 0.302 e. The largest absolute Gasteiger partial charge is 0.465 e. The van der Waals surface area contributed by atoms with Gasteiger partial charge in [-0.25, -0.2) is 0 Å². The number of fused-ring (bicyclic) bond motifs is 4. The fourth-order valence-electron chi connectivity index (χ4n) is 10.4. The lowest BCUT2D eigenvalue weighted by Crippen LogP contribution is -2.59. The number of aliphatic hydroxyl groups excluding tert-OH is 1. The monoisotopic (exact) mass is 486 g/mol. The minimum Gasteiger partial charge on any atom is -0.465 e. The Morgan fingerprint density at radius 1 is 0.886 bits per heavy atom. The summed E-state index contributed by atoms with van der Waals surface area (Å²) in [5.74, 6) is 2.96. The molecule has 0 aliphatic heterocycles. The second kappa shape index (κ2) is 9.48. The molecule has 0 amide bonds. The Morgan fingerprint density at radius 3 is 2.20 bits per heavy atom. The Kier molecular flexibility index (Phi) is 7.37. The smallest absolute Gasteiger partial charge is 0.302 e. The van der Waals surface area contributed by atoms with Crippen LogP contribution in [0.25, 0.3) is 0 Å². The summed E-state index contributed by atoms with van der Waals surface area (Å²) < 4.78 is 5.78. The van der Waals surface area contributed by atoms with Gasteiger partial charge in [0.05, 0.1) is 12.7 Å². The van der Waals surface area contributed by atoms with Crippen LogP contribution in [0.5, 0.6) is 0 Å². The van der Waals surface area contributed by atoms with Crippen LogP contribution in [0.2, 0.25) is 0 Å². The second-order valence-electron chi connectivity index (χ2n) is 14.6. The van der Waals surface area contributed by atoms with E-state index in [1.54, 1.807) is 6.92 Å². The lowest BCUT2D eigenvalue weighted by atomic mass is 9.40. The Bertz CT molecular complexity index is 816. The van der Waals surface area contributed by atoms with Gasteiger partial charge in [-0.1, -0.05) is 53.2 Å². The summed E-state index contributed by atoms with van der Waals surface area (Å²) in [5.41, 5.74) is 2.09. The quantitative estimate of drug-likeness (QED) is 0.325. The highest BCUT2D eigenvalue weighted by Crippen LogP contribution is 2.68. The van der Waals surface area contributed by atoms with Crippen molar-refractivity contribution >= 4 is 5.97 Å². The minimum absolute atomic E-state index is 0.00255. The standard InChI is InChI=1S/C32H54O3/c1-21(2)24-13-19-32(20-35-23(4)33)18-12-22(3)30(7)16-14-26-29(5,6)28(34)15-17-31(26,8)27(30)11-9-10-25(24)32/h22,24-28,34H,1,9-20H2,2-8H3. The second-order valence-corrected chi connectivity index (χ2v) is 14.6. The maximum absolute atomic E-state index is 11.9. The Hall–Kier alpha value is -0.830. The van der Waals surface area contributed by atoms with Crippen LogP contribution in [0.1, 0.15) is 119 Å². The average molecular weight is 487 g/mol. The van der Waals surface area contributed by atoms with E-state index in [2.05, 4.69) is 48.1 Å². The van der Waals surface area contributed by atoms with E-state index in [4.69, 9.17) is 4.74 Å². The molecule has 3 nitrogen and oxygen atoms in total. The molecule has 4 fully saturated rings. The molecule has 0 aromatic carbocycles. The van der Waals surface area contributed by atoms with Crippen LogP contribution in [0.15, 0.2) is 12.2 Å². The van der Waals surface area contributed by atoms with E-state index in [9.17, 15) is 9.90 Å². The zero-order chi connectivity index (χ0) is 25.8. The molecular weight excluding hydrogens is 432 g/mol. The molecule has 35 heavy (non-hydrogen) atoms. The van der Waals surface area contributed by atoms with Crippen molar-refractivity contribution in [3.63, 3.8) is 0 Å². The van der Waals surface area contributed by atoms with Crippen LogP contribution in [-0.2, 0) is 9.53 Å². The highest BCUT2D eigenvalue weighted by Gasteiger charge is 2.61. The van der Waals surface area contributed by atoms with Gasteiger partial charge in [0.2, 0.25) is 0 Å². The number of allylic oxidation sites excluding steroid dienone is 1. The van der Waals surface area contributed by atoms with Gasteiger partial charge < -0.3 is 9.84 Å². The van der Waals surface area contributed by atoms with Crippen LogP contribution in [-0.4, -0.2) is 23.8 Å². The van der Waals surface area contributed by atoms with Crippen molar-refractivity contribution in [2.24, 2.45) is 51.2 Å². The summed E-state index contributed by atoms with van der Waals surface area (Å²) in [7, 11) is 0. The molecule has 0 saturated heterocycles. The van der Waals surface area contributed by atoms with Gasteiger partial charge in [-0.05, 0) is 117 Å². The van der Waals surface area contributed by atoms with Gasteiger partial charge >= 0.3 is 5.97 Å². The van der Waals surface area contributed by atoms with Crippen molar-refractivity contribution in [2.75, 3.05) is 6.61 Å². The van der Waals surface area contributed by atoms with Crippen molar-refractivity contribution in [3.8, 4) is 0 Å². The number of carbonyl (C=O) groups excluding carboxylic acids is 1. The van der Waals surface area contributed by atoms with Crippen LogP contribution in [0.4, 0.5) is 0 Å². The first-order valence-corrected chi connectivity index (χ1v) is 14.7. The normalized spacial score (nSPS) is 47.7. The van der Waals surface area contributed by atoms with Gasteiger partial charge in [0.15, 0.2) is 0 Å². The van der Waals surface area contributed by atoms with Crippen LogP contribution < -0.4 is 0 Å². The van der Waals surface area contributed by atoms with Crippen molar-refractivity contribution < 1.29 is 14.6 Å². The van der Waals surface area contributed by atoms with E-state index >= 15 is 0 Å². The SMILES string of the molecule is C=C(C)C1CCC2(COC(C)=O)CCC(C)C3(C)CCC4C(C)(C)C(O)CCC4(C)C3CCCC12. The molecule has 200 valence electrons. The van der Waals surface area contributed by atoms with E-state index in [1.165, 1.54) is 69.8 Å². The first kappa shape index (κ1) is 27.2. The summed E-state index contributed by atoms with van der Waals surface area (Å²) in [5, 5.41) is 10.9. The van der Waals surface area contributed by atoms with E-state index in [0.29, 0.717) is 47.0 Å². The molecule has 0 bridgehead atoms. The number of aliphatic hydroxyl groups is 1. The molecule has 4 aliphatic rings. The Morgan fingerprint density at radius 2 is 1.54 bits per heavy atom. The number of hydrogen-bond donors (Lipinski definition) is 1. The molecule has 9 unspecified atom stereocenters. The van der Waals surface area contributed by atoms with Crippen LogP contribution in [0.3, 0.4) is 0 Å². The first-order valence-electron chi connectivity index (χ1n) is 14.7. The maximum atomic E-state index is 11.9. The first-order chi connectivity index (χ1) is 16.3. The Balaban J connectivity index is 1.67. The van der Waals surface area contributed by atoms with Gasteiger partial charge in [-0.3, -0.25) is 4.79 Å². The number of esters is 1. The third-order valence-electron chi connectivity index (χ3n) is 12.7. The van der Waals surface area contributed by atoms with Crippen molar-refractivity contribution in [2.45, 2.75) is 125 Å². The lowest BCUT2D eigenvalue weighted by molar-refractivity contribution is -0.185. The zero-order valence-corrected chi connectivity index (χ0v) is 23.9. The molecule has 9 atom stereocenters. The van der Waals surface area contributed by atoms with Crippen LogP contribution in [0, 0.1) is 51.2 Å². The lowest BCUT2D eigenvalue weighted by Gasteiger charge is -2.65. The number of rotatable bonds is 3. The van der Waals surface area contributed by atoms with Gasteiger partial charge in [0.1, 0.15) is 0 Å². The number of ether oxygens (including phenoxy) is 1. The van der Waals surface area contributed by atoms with Gasteiger partial charge in [-0.15, -0.1) is 0 Å². The summed E-state index contributed by atoms with van der Waals surface area (Å²) in [6.07, 6.45) is 13.0. The third kappa shape index (κ3) is 4.44. The van der Waals surface area contributed by atoms with Gasteiger partial charge in [0, 0.05) is 12.3 Å². The van der Waals surface area contributed by atoms with Gasteiger partial charge in [0.25, 0.3) is 0 Å². The number of hydrogen-bond acceptors (Lipinski definition) is 3. The predicted molar refractivity (Wildman–Crippen MR) is 144 cm³/mol. The van der Waals surface area contributed by atoms with E-state index in [0.717, 1.165) is 6.42 Å². The summed E-state index contributed by atoms with van der Waals surface area (Å²) in [4.78, 5) is 11.9. The molecule has 0 heterocycles. The molecule has 0 aromatic heterocycles. The van der Waals surface area contributed by atoms with E-state index < -0.39 is 0 Å². The topological polar surface area (TPSA) is 46.5 Å². The molecule has 0 radical (unpaired) electrons. The molecule has 0 spiro atoms. The molecule has 4 saturated carbocycles. The Labute approximate surface area is 215 Å². The summed E-state index contributed by atoms with van der Waals surface area (Å²) in [6.45, 7) is 21.2. The average Bonchev–Trinajstić information content (AvgIpc) is 3.14. The highest BCUT2D eigenvalue weighted by atomic mass is 16.5. The van der Waals surface area contributed by atoms with Crippen LogP contribution >= 0.6 is 0 Å². The van der Waals surface area contributed by atoms with E-state index in [1.807, 2.05) is 0 Å². The minimum atomic E-state index is -0.168. The molecule has 3 heteroatoms. The molecular formula is C32H54O3. The molecule has 4 rings (SSSR count). The third-order valence-corrected chi connectivity index (χ3v) is 12.7. The highest BCUT2D eigenvalue weighted by molar-refractivity contribution is 5.65. The van der Waals surface area contributed by atoms with Crippen molar-refractivity contribution in [1.29, 1.82) is 0 Å². The molecule has 0 aromatic rings. The van der Waals surface area contributed by atoms with Crippen molar-refractivity contribution in [3.05, 3.63) is 12.2 Å².